The number of carbonyl (C=O) groups excluding carboxylic acids is 1. The summed E-state index contributed by atoms with van der Waals surface area (Å²) in [5, 5.41) is 15.0. The molecule has 0 aliphatic rings. The molecule has 0 saturated heterocycles. The van der Waals surface area contributed by atoms with Crippen molar-refractivity contribution in [3.05, 3.63) is 68.7 Å². The minimum Gasteiger partial charge on any atom is -0.375 e. The van der Waals surface area contributed by atoms with E-state index in [1.807, 2.05) is 25.1 Å². The van der Waals surface area contributed by atoms with Crippen LogP contribution in [0.3, 0.4) is 0 Å². The molecule has 2 rings (SSSR count). The summed E-state index contributed by atoms with van der Waals surface area (Å²) in [6.07, 6.45) is 0. The Morgan fingerprint density at radius 1 is 1.35 bits per heavy atom. The zero-order valence-electron chi connectivity index (χ0n) is 14.6. The average molecular weight is 377 g/mol. The molecule has 138 valence electrons. The lowest BCUT2D eigenvalue weighted by atomic mass is 10.1. The Kier molecular flexibility index (Phi) is 6.54. The van der Waals surface area contributed by atoms with Crippen molar-refractivity contribution in [3.8, 4) is 0 Å². The molecule has 7 nitrogen and oxygen atoms in total. The van der Waals surface area contributed by atoms with Gasteiger partial charge >= 0.3 is 0 Å². The van der Waals surface area contributed by atoms with Crippen LogP contribution in [0.2, 0.25) is 5.02 Å². The van der Waals surface area contributed by atoms with Crippen molar-refractivity contribution in [2.75, 3.05) is 18.9 Å². The van der Waals surface area contributed by atoms with Crippen LogP contribution in [-0.2, 0) is 6.54 Å². The second-order valence-corrected chi connectivity index (χ2v) is 6.34. The highest BCUT2D eigenvalue weighted by Crippen LogP contribution is 2.27. The second-order valence-electron chi connectivity index (χ2n) is 5.93. The molecular formula is C18H21ClN4O3. The normalized spacial score (nSPS) is 11.7. The predicted molar refractivity (Wildman–Crippen MR) is 102 cm³/mol. The number of nitrogens with one attached hydrogen (secondary N) is 1. The van der Waals surface area contributed by atoms with Crippen molar-refractivity contribution < 1.29 is 9.72 Å². The van der Waals surface area contributed by atoms with Crippen LogP contribution in [0.25, 0.3) is 0 Å². The minimum atomic E-state index is -0.516. The maximum Gasteiger partial charge on any atom is 0.293 e. The van der Waals surface area contributed by atoms with E-state index in [9.17, 15) is 14.9 Å². The fourth-order valence-electron chi connectivity index (χ4n) is 2.36. The van der Waals surface area contributed by atoms with E-state index in [4.69, 9.17) is 17.3 Å². The monoisotopic (exact) mass is 376 g/mol. The van der Waals surface area contributed by atoms with Gasteiger partial charge < -0.3 is 16.0 Å². The predicted octanol–water partition coefficient (Wildman–Crippen LogP) is 3.28. The number of nitrogens with two attached hydrogens (primary N) is 1. The highest BCUT2D eigenvalue weighted by atomic mass is 35.5. The molecule has 1 atom stereocenters. The quantitative estimate of drug-likeness (QED) is 0.570. The molecule has 0 fully saturated rings. The number of likely N-dealkylation sites (N-methyl/N-ethyl adjacent to an activating group) is 1. The number of nitro groups is 1. The molecule has 2 aromatic carbocycles. The fourth-order valence-corrected chi connectivity index (χ4v) is 2.56. The van der Waals surface area contributed by atoms with E-state index in [0.717, 1.165) is 5.56 Å². The number of halogens is 1. The molecule has 0 aromatic heterocycles. The summed E-state index contributed by atoms with van der Waals surface area (Å²) < 4.78 is 0. The third kappa shape index (κ3) is 4.50. The van der Waals surface area contributed by atoms with Crippen LogP contribution in [-0.4, -0.2) is 35.4 Å². The smallest absolute Gasteiger partial charge is 0.293 e. The lowest BCUT2D eigenvalue weighted by Crippen LogP contribution is -2.39. The summed E-state index contributed by atoms with van der Waals surface area (Å²) in [6, 6.07) is 11.4. The van der Waals surface area contributed by atoms with Crippen molar-refractivity contribution in [1.29, 1.82) is 0 Å². The highest BCUT2D eigenvalue weighted by Gasteiger charge is 2.21. The third-order valence-corrected chi connectivity index (χ3v) is 4.56. The molecule has 0 spiro atoms. The number of benzene rings is 2. The number of rotatable bonds is 7. The van der Waals surface area contributed by atoms with Gasteiger partial charge in [0.1, 0.15) is 5.69 Å². The lowest BCUT2D eigenvalue weighted by Gasteiger charge is -2.23. The van der Waals surface area contributed by atoms with Gasteiger partial charge in [-0.05, 0) is 30.7 Å². The van der Waals surface area contributed by atoms with Crippen LogP contribution >= 0.6 is 11.6 Å². The highest BCUT2D eigenvalue weighted by molar-refractivity contribution is 6.31. The van der Waals surface area contributed by atoms with Gasteiger partial charge in [-0.15, -0.1) is 0 Å². The summed E-state index contributed by atoms with van der Waals surface area (Å²) >= 11 is 6.10. The Bertz CT molecular complexity index is 813. The van der Waals surface area contributed by atoms with Crippen molar-refractivity contribution in [2.24, 2.45) is 5.73 Å². The van der Waals surface area contributed by atoms with Gasteiger partial charge in [0.2, 0.25) is 0 Å². The van der Waals surface area contributed by atoms with E-state index < -0.39 is 4.92 Å². The molecule has 0 aliphatic carbocycles. The van der Waals surface area contributed by atoms with Crippen molar-refractivity contribution >= 4 is 28.9 Å². The van der Waals surface area contributed by atoms with Crippen LogP contribution in [0.4, 0.5) is 11.4 Å². The zero-order valence-corrected chi connectivity index (χ0v) is 15.4. The van der Waals surface area contributed by atoms with Crippen molar-refractivity contribution in [3.63, 3.8) is 0 Å². The number of hydrogen-bond acceptors (Lipinski definition) is 5. The number of nitro benzene ring substituents is 1. The van der Waals surface area contributed by atoms with E-state index in [1.165, 1.54) is 17.0 Å². The summed E-state index contributed by atoms with van der Waals surface area (Å²) in [5.41, 5.74) is 6.78. The number of hydrogen-bond donors (Lipinski definition) is 2. The molecule has 0 saturated carbocycles. The second kappa shape index (κ2) is 8.64. The molecule has 0 heterocycles. The van der Waals surface area contributed by atoms with Gasteiger partial charge in [-0.3, -0.25) is 14.9 Å². The average Bonchev–Trinajstić information content (AvgIpc) is 2.65. The molecule has 0 bridgehead atoms. The first-order valence-corrected chi connectivity index (χ1v) is 8.46. The SMILES string of the molecule is CC(CN)N(C)C(=O)c1ccc(NCc2ccccc2Cl)c([N+](=O)[O-])c1. The summed E-state index contributed by atoms with van der Waals surface area (Å²) in [4.78, 5) is 24.8. The van der Waals surface area contributed by atoms with E-state index >= 15 is 0 Å². The Labute approximate surface area is 156 Å². The van der Waals surface area contributed by atoms with Crippen LogP contribution in [0, 0.1) is 10.1 Å². The van der Waals surface area contributed by atoms with Crippen LogP contribution in [0.1, 0.15) is 22.8 Å². The first-order chi connectivity index (χ1) is 12.3. The molecule has 26 heavy (non-hydrogen) atoms. The van der Waals surface area contributed by atoms with Gasteiger partial charge in [0, 0.05) is 42.8 Å². The van der Waals surface area contributed by atoms with Crippen LogP contribution in [0.5, 0.6) is 0 Å². The van der Waals surface area contributed by atoms with Crippen LogP contribution in [0.15, 0.2) is 42.5 Å². The molecule has 1 amide bonds. The number of amides is 1. The molecule has 1 unspecified atom stereocenters. The number of anilines is 1. The number of carbonyl (C=O) groups is 1. The molecule has 2 aromatic rings. The maximum atomic E-state index is 12.5. The Balaban J connectivity index is 2.25. The summed E-state index contributed by atoms with van der Waals surface area (Å²) in [6.45, 7) is 2.45. The first-order valence-electron chi connectivity index (χ1n) is 8.08. The number of nitrogens with zero attached hydrogens (tertiary/aromatic N) is 2. The van der Waals surface area contributed by atoms with Gasteiger partial charge in [0.05, 0.1) is 4.92 Å². The Hall–Kier alpha value is -2.64. The zero-order chi connectivity index (χ0) is 19.3. The van der Waals surface area contributed by atoms with Crippen LogP contribution < -0.4 is 11.1 Å². The van der Waals surface area contributed by atoms with E-state index in [1.54, 1.807) is 19.2 Å². The molecular weight excluding hydrogens is 356 g/mol. The summed E-state index contributed by atoms with van der Waals surface area (Å²) in [5.74, 6) is -0.316. The standard InChI is InChI=1S/C18H21ClN4O3/c1-12(10-20)22(2)18(24)13-7-8-16(17(9-13)23(25)26)21-11-14-5-3-4-6-15(14)19/h3-9,12,21H,10-11,20H2,1-2H3. The van der Waals surface area contributed by atoms with Gasteiger partial charge in [0.25, 0.3) is 11.6 Å². The van der Waals surface area contributed by atoms with Gasteiger partial charge in [-0.25, -0.2) is 0 Å². The van der Waals surface area contributed by atoms with Crippen molar-refractivity contribution in [1.82, 2.24) is 4.90 Å². The van der Waals surface area contributed by atoms with Gasteiger partial charge in [-0.1, -0.05) is 29.8 Å². The lowest BCUT2D eigenvalue weighted by molar-refractivity contribution is -0.384. The summed E-state index contributed by atoms with van der Waals surface area (Å²) in [7, 11) is 1.62. The largest absolute Gasteiger partial charge is 0.375 e. The van der Waals surface area contributed by atoms with Gasteiger partial charge in [0.15, 0.2) is 0 Å². The first kappa shape index (κ1) is 19.7. The Morgan fingerprint density at radius 2 is 2.04 bits per heavy atom. The molecule has 0 radical (unpaired) electrons. The van der Waals surface area contributed by atoms with E-state index in [2.05, 4.69) is 5.32 Å². The molecule has 0 aliphatic heterocycles. The van der Waals surface area contributed by atoms with Gasteiger partial charge in [-0.2, -0.15) is 0 Å². The van der Waals surface area contributed by atoms with E-state index in [0.29, 0.717) is 23.8 Å². The maximum absolute atomic E-state index is 12.5. The van der Waals surface area contributed by atoms with Crippen molar-refractivity contribution in [2.45, 2.75) is 19.5 Å². The molecule has 8 heteroatoms. The minimum absolute atomic E-state index is 0.167. The fraction of sp³-hybridized carbons (Fsp3) is 0.278. The third-order valence-electron chi connectivity index (χ3n) is 4.19. The topological polar surface area (TPSA) is 102 Å². The van der Waals surface area contributed by atoms with E-state index in [-0.39, 0.29) is 23.2 Å². The molecule has 3 N–H and O–H groups in total. The Morgan fingerprint density at radius 3 is 2.65 bits per heavy atom.